The molecule has 2 fully saturated rings. The van der Waals surface area contributed by atoms with E-state index in [9.17, 15) is 9.59 Å². The molecule has 8 heteroatoms. The van der Waals surface area contributed by atoms with E-state index in [-0.39, 0.29) is 35.5 Å². The number of aliphatic imine (C=N–C) groups is 1. The maximum Gasteiger partial charge on any atom is 0.233 e. The number of hydrogen-bond donors (Lipinski definition) is 2. The van der Waals surface area contributed by atoms with Crippen molar-refractivity contribution in [3.63, 3.8) is 0 Å². The van der Waals surface area contributed by atoms with E-state index in [1.54, 1.807) is 17.6 Å². The number of fused-ring (bicyclic) bond motifs is 5. The van der Waals surface area contributed by atoms with Crippen LogP contribution in [0.2, 0.25) is 0 Å². The number of imide groups is 1. The molecule has 0 radical (unpaired) electrons. The van der Waals surface area contributed by atoms with Crippen molar-refractivity contribution in [3.05, 3.63) is 58.7 Å². The number of thiophene rings is 1. The number of amides is 2. The molecule has 2 aromatic rings. The molecule has 2 N–H and O–H groups in total. The molecule has 162 valence electrons. The standard InChI is InChI=1S/C23H26N4O3S/c28-21-19-15-5-6-16(13-15)20(19)22(29)27(21)10-9-25-23(26-14-18-4-2-12-31-18)24-8-7-17-3-1-11-30-17/h1-6,11-12,15-16,19-20H,7-10,13-14H2,(H2,24,25,26). The Bertz CT molecular complexity index is 953. The Morgan fingerprint density at radius 1 is 1.10 bits per heavy atom. The van der Waals surface area contributed by atoms with Crippen LogP contribution in [-0.4, -0.2) is 42.3 Å². The lowest BCUT2D eigenvalue weighted by molar-refractivity contribution is -0.140. The van der Waals surface area contributed by atoms with Crippen LogP contribution < -0.4 is 10.6 Å². The summed E-state index contributed by atoms with van der Waals surface area (Å²) in [6, 6.07) is 7.88. The fourth-order valence-corrected chi connectivity index (χ4v) is 5.59. The number of carbonyl (C=O) groups is 2. The summed E-state index contributed by atoms with van der Waals surface area (Å²) in [7, 11) is 0. The number of guanidine groups is 1. The van der Waals surface area contributed by atoms with Crippen LogP contribution in [0, 0.1) is 23.7 Å². The van der Waals surface area contributed by atoms with Gasteiger partial charge in [-0.1, -0.05) is 18.2 Å². The summed E-state index contributed by atoms with van der Waals surface area (Å²) in [6.45, 7) is 2.08. The SMILES string of the molecule is O=C1C2C3C=CC(C3)C2C(=O)N1CCNC(=NCc1cccs1)NCCc1ccco1. The maximum absolute atomic E-state index is 12.8. The van der Waals surface area contributed by atoms with Crippen molar-refractivity contribution in [1.82, 2.24) is 15.5 Å². The van der Waals surface area contributed by atoms with E-state index in [2.05, 4.69) is 33.8 Å². The van der Waals surface area contributed by atoms with E-state index in [0.717, 1.165) is 18.6 Å². The topological polar surface area (TPSA) is 86.9 Å². The first-order valence-corrected chi connectivity index (χ1v) is 11.7. The smallest absolute Gasteiger partial charge is 0.233 e. The first kappa shape index (κ1) is 20.1. The lowest BCUT2D eigenvalue weighted by Crippen LogP contribution is -2.44. The largest absolute Gasteiger partial charge is 0.469 e. The molecule has 7 nitrogen and oxygen atoms in total. The van der Waals surface area contributed by atoms with E-state index in [0.29, 0.717) is 32.1 Å². The zero-order chi connectivity index (χ0) is 21.2. The van der Waals surface area contributed by atoms with Gasteiger partial charge >= 0.3 is 0 Å². The summed E-state index contributed by atoms with van der Waals surface area (Å²) in [5.41, 5.74) is 0. The molecular weight excluding hydrogens is 412 g/mol. The average Bonchev–Trinajstić information content (AvgIpc) is 3.59. The zero-order valence-electron chi connectivity index (χ0n) is 17.2. The van der Waals surface area contributed by atoms with Gasteiger partial charge < -0.3 is 15.1 Å². The number of carbonyl (C=O) groups excluding carboxylic acids is 2. The van der Waals surface area contributed by atoms with Crippen molar-refractivity contribution >= 4 is 29.1 Å². The van der Waals surface area contributed by atoms with Gasteiger partial charge in [0.2, 0.25) is 11.8 Å². The molecule has 4 unspecified atom stereocenters. The highest BCUT2D eigenvalue weighted by molar-refractivity contribution is 7.09. The second-order valence-corrected chi connectivity index (χ2v) is 9.29. The molecular formula is C23H26N4O3S. The van der Waals surface area contributed by atoms with Gasteiger partial charge in [0.1, 0.15) is 5.76 Å². The summed E-state index contributed by atoms with van der Waals surface area (Å²) in [5.74, 6) is 1.79. The van der Waals surface area contributed by atoms with Crippen molar-refractivity contribution < 1.29 is 14.0 Å². The van der Waals surface area contributed by atoms with Gasteiger partial charge in [-0.05, 0) is 41.8 Å². The Morgan fingerprint density at radius 3 is 2.55 bits per heavy atom. The van der Waals surface area contributed by atoms with Crippen LogP contribution in [0.15, 0.2) is 57.5 Å². The predicted octanol–water partition coefficient (Wildman–Crippen LogP) is 2.43. The summed E-state index contributed by atoms with van der Waals surface area (Å²) >= 11 is 1.67. The molecule has 2 amide bonds. The highest BCUT2D eigenvalue weighted by atomic mass is 32.1. The van der Waals surface area contributed by atoms with Crippen molar-refractivity contribution in [2.24, 2.45) is 28.7 Å². The zero-order valence-corrected chi connectivity index (χ0v) is 18.0. The molecule has 1 saturated carbocycles. The monoisotopic (exact) mass is 438 g/mol. The second kappa shape index (κ2) is 8.70. The minimum absolute atomic E-state index is 0.00324. The molecule has 5 rings (SSSR count). The Morgan fingerprint density at radius 2 is 1.87 bits per heavy atom. The highest BCUT2D eigenvalue weighted by Crippen LogP contribution is 2.52. The molecule has 31 heavy (non-hydrogen) atoms. The third-order valence-corrected chi connectivity index (χ3v) is 7.27. The van der Waals surface area contributed by atoms with E-state index >= 15 is 0 Å². The van der Waals surface area contributed by atoms with Gasteiger partial charge in [0.25, 0.3) is 0 Å². The first-order valence-electron chi connectivity index (χ1n) is 10.8. The Hall–Kier alpha value is -2.87. The molecule has 3 aliphatic rings. The van der Waals surface area contributed by atoms with Crippen molar-refractivity contribution in [2.75, 3.05) is 19.6 Å². The molecule has 2 aliphatic carbocycles. The van der Waals surface area contributed by atoms with Gasteiger partial charge in [-0.3, -0.25) is 14.5 Å². The summed E-state index contributed by atoms with van der Waals surface area (Å²) in [6.07, 6.45) is 7.61. The normalized spacial score (nSPS) is 26.7. The Balaban J connectivity index is 1.16. The van der Waals surface area contributed by atoms with E-state index in [4.69, 9.17) is 4.42 Å². The van der Waals surface area contributed by atoms with E-state index < -0.39 is 0 Å². The molecule has 2 aromatic heterocycles. The summed E-state index contributed by atoms with van der Waals surface area (Å²) < 4.78 is 5.38. The number of furan rings is 1. The average molecular weight is 439 g/mol. The molecule has 2 bridgehead atoms. The van der Waals surface area contributed by atoms with Crippen LogP contribution in [0.4, 0.5) is 0 Å². The quantitative estimate of drug-likeness (QED) is 0.286. The van der Waals surface area contributed by atoms with Crippen LogP contribution >= 0.6 is 11.3 Å². The van der Waals surface area contributed by atoms with E-state index in [1.165, 1.54) is 9.78 Å². The second-order valence-electron chi connectivity index (χ2n) is 8.26. The van der Waals surface area contributed by atoms with Crippen LogP contribution in [0.3, 0.4) is 0 Å². The lowest BCUT2D eigenvalue weighted by atomic mass is 9.85. The minimum Gasteiger partial charge on any atom is -0.469 e. The van der Waals surface area contributed by atoms with Crippen LogP contribution in [0.1, 0.15) is 17.1 Å². The van der Waals surface area contributed by atoms with Crippen molar-refractivity contribution in [2.45, 2.75) is 19.4 Å². The number of rotatable bonds is 8. The van der Waals surface area contributed by atoms with Crippen molar-refractivity contribution in [1.29, 1.82) is 0 Å². The van der Waals surface area contributed by atoms with Gasteiger partial charge in [0.15, 0.2) is 5.96 Å². The number of likely N-dealkylation sites (tertiary alicyclic amines) is 1. The minimum atomic E-state index is -0.138. The number of nitrogens with one attached hydrogen (secondary N) is 2. The van der Waals surface area contributed by atoms with Crippen LogP contribution in [-0.2, 0) is 22.6 Å². The molecule has 0 spiro atoms. The maximum atomic E-state index is 12.8. The third-order valence-electron chi connectivity index (χ3n) is 6.41. The van der Waals surface area contributed by atoms with Gasteiger partial charge in [0, 0.05) is 30.9 Å². The number of nitrogens with zero attached hydrogens (tertiary/aromatic N) is 2. The van der Waals surface area contributed by atoms with Gasteiger partial charge in [-0.25, -0.2) is 4.99 Å². The Labute approximate surface area is 185 Å². The summed E-state index contributed by atoms with van der Waals surface area (Å²) in [4.78, 5) is 33.0. The number of allylic oxidation sites excluding steroid dienone is 2. The lowest BCUT2D eigenvalue weighted by Gasteiger charge is -2.18. The van der Waals surface area contributed by atoms with Crippen molar-refractivity contribution in [3.8, 4) is 0 Å². The van der Waals surface area contributed by atoms with Gasteiger partial charge in [-0.15, -0.1) is 11.3 Å². The summed E-state index contributed by atoms with van der Waals surface area (Å²) in [5, 5.41) is 8.64. The molecule has 0 aromatic carbocycles. The predicted molar refractivity (Wildman–Crippen MR) is 118 cm³/mol. The van der Waals surface area contributed by atoms with Crippen LogP contribution in [0.25, 0.3) is 0 Å². The van der Waals surface area contributed by atoms with Gasteiger partial charge in [-0.2, -0.15) is 0 Å². The van der Waals surface area contributed by atoms with Gasteiger partial charge in [0.05, 0.1) is 24.6 Å². The molecule has 3 heterocycles. The molecule has 1 saturated heterocycles. The highest BCUT2D eigenvalue weighted by Gasteiger charge is 2.58. The molecule has 4 atom stereocenters. The fourth-order valence-electron chi connectivity index (χ4n) is 4.96. The Kier molecular flexibility index (Phi) is 5.63. The number of hydrogen-bond acceptors (Lipinski definition) is 5. The first-order chi connectivity index (χ1) is 15.2. The van der Waals surface area contributed by atoms with Crippen LogP contribution in [0.5, 0.6) is 0 Å². The third kappa shape index (κ3) is 4.04. The van der Waals surface area contributed by atoms with E-state index in [1.807, 2.05) is 23.6 Å². The molecule has 1 aliphatic heterocycles. The fraction of sp³-hybridized carbons (Fsp3) is 0.435.